The number of carbonyl (C=O) groups excluding carboxylic acids is 4. The molecule has 2 saturated heterocycles. The van der Waals surface area contributed by atoms with Crippen LogP contribution in [-0.2, 0) is 27.4 Å². The van der Waals surface area contributed by atoms with Crippen LogP contribution in [0.1, 0.15) is 62.0 Å². The van der Waals surface area contributed by atoms with Crippen LogP contribution in [0.2, 0.25) is 0 Å². The van der Waals surface area contributed by atoms with Crippen LogP contribution in [0.25, 0.3) is 0 Å². The van der Waals surface area contributed by atoms with E-state index in [1.807, 2.05) is 45.9 Å². The summed E-state index contributed by atoms with van der Waals surface area (Å²) in [5, 5.41) is 0. The number of rotatable bonds is 6. The highest BCUT2D eigenvalue weighted by Crippen LogP contribution is 2.33. The summed E-state index contributed by atoms with van der Waals surface area (Å²) in [6, 6.07) is 11.8. The van der Waals surface area contributed by atoms with E-state index in [1.165, 1.54) is 4.90 Å². The molecule has 41 heavy (non-hydrogen) atoms. The maximum absolute atomic E-state index is 13.5. The minimum absolute atomic E-state index is 0.1000. The van der Waals surface area contributed by atoms with Crippen LogP contribution in [0.4, 0.5) is 4.79 Å². The molecule has 2 aromatic rings. The van der Waals surface area contributed by atoms with Gasteiger partial charge in [0.2, 0.25) is 5.91 Å². The van der Waals surface area contributed by atoms with Gasteiger partial charge in [-0.3, -0.25) is 19.3 Å². The smallest absolute Gasteiger partial charge is 0.410 e. The van der Waals surface area contributed by atoms with Crippen molar-refractivity contribution in [3.8, 4) is 11.5 Å². The number of imide groups is 1. The molecule has 0 saturated carbocycles. The highest BCUT2D eigenvalue weighted by atomic mass is 16.6. The van der Waals surface area contributed by atoms with Crippen LogP contribution < -0.4 is 9.47 Å². The third kappa shape index (κ3) is 6.01. The van der Waals surface area contributed by atoms with E-state index >= 15 is 0 Å². The number of benzene rings is 2. The third-order valence-corrected chi connectivity index (χ3v) is 7.75. The SMILES string of the molecule is COc1ccc(CN2C(=O)CCC(N3Cc4cc(O[C@@H]5CN(C(=O)OC(C)(C)C)C[C@H]5C)ccc4C3=O)C2=O)cc1. The molecule has 10 nitrogen and oxygen atoms in total. The predicted octanol–water partition coefficient (Wildman–Crippen LogP) is 4.00. The van der Waals surface area contributed by atoms with Gasteiger partial charge in [-0.2, -0.15) is 0 Å². The Morgan fingerprint density at radius 3 is 2.39 bits per heavy atom. The molecule has 218 valence electrons. The van der Waals surface area contributed by atoms with Gasteiger partial charge in [-0.05, 0) is 68.7 Å². The average Bonchev–Trinajstić information content (AvgIpc) is 3.45. The third-order valence-electron chi connectivity index (χ3n) is 7.75. The summed E-state index contributed by atoms with van der Waals surface area (Å²) in [6.45, 7) is 8.89. The average molecular weight is 564 g/mol. The van der Waals surface area contributed by atoms with Gasteiger partial charge in [0.25, 0.3) is 11.8 Å². The maximum Gasteiger partial charge on any atom is 0.410 e. The minimum atomic E-state index is -0.715. The van der Waals surface area contributed by atoms with Crippen LogP contribution >= 0.6 is 0 Å². The van der Waals surface area contributed by atoms with Gasteiger partial charge in [0.1, 0.15) is 29.2 Å². The van der Waals surface area contributed by atoms with E-state index in [9.17, 15) is 19.2 Å². The van der Waals surface area contributed by atoms with Crippen LogP contribution in [0.3, 0.4) is 0 Å². The molecule has 1 unspecified atom stereocenters. The molecule has 2 fully saturated rings. The molecule has 0 radical (unpaired) electrons. The Morgan fingerprint density at radius 1 is 1.00 bits per heavy atom. The molecule has 0 aromatic heterocycles. The Bertz CT molecular complexity index is 1350. The zero-order valence-electron chi connectivity index (χ0n) is 24.2. The highest BCUT2D eigenvalue weighted by Gasteiger charge is 2.43. The van der Waals surface area contributed by atoms with Gasteiger partial charge in [-0.1, -0.05) is 19.1 Å². The Balaban J connectivity index is 1.25. The Labute approximate surface area is 240 Å². The number of ether oxygens (including phenoxy) is 3. The van der Waals surface area contributed by atoms with E-state index in [2.05, 4.69) is 0 Å². The van der Waals surface area contributed by atoms with Gasteiger partial charge in [0.15, 0.2) is 0 Å². The van der Waals surface area contributed by atoms with E-state index in [-0.39, 0.29) is 55.3 Å². The van der Waals surface area contributed by atoms with Crippen LogP contribution in [0.5, 0.6) is 11.5 Å². The normalized spacial score (nSPS) is 22.7. The van der Waals surface area contributed by atoms with E-state index in [0.717, 1.165) is 11.1 Å². The van der Waals surface area contributed by atoms with Crippen molar-refractivity contribution < 1.29 is 33.4 Å². The zero-order valence-corrected chi connectivity index (χ0v) is 24.2. The van der Waals surface area contributed by atoms with Crippen LogP contribution in [-0.4, -0.2) is 76.5 Å². The fraction of sp³-hybridized carbons (Fsp3) is 0.484. The fourth-order valence-electron chi connectivity index (χ4n) is 5.58. The summed E-state index contributed by atoms with van der Waals surface area (Å²) in [5.74, 6) is 0.559. The fourth-order valence-corrected chi connectivity index (χ4v) is 5.58. The number of fused-ring (bicyclic) bond motifs is 1. The molecule has 3 aliphatic heterocycles. The van der Waals surface area contributed by atoms with Gasteiger partial charge in [-0.15, -0.1) is 0 Å². The van der Waals surface area contributed by atoms with Crippen molar-refractivity contribution in [1.29, 1.82) is 0 Å². The van der Waals surface area contributed by atoms with E-state index in [1.54, 1.807) is 41.2 Å². The molecule has 0 aliphatic carbocycles. The van der Waals surface area contributed by atoms with Gasteiger partial charge < -0.3 is 24.0 Å². The minimum Gasteiger partial charge on any atom is -0.497 e. The number of carbonyl (C=O) groups is 4. The summed E-state index contributed by atoms with van der Waals surface area (Å²) in [5.41, 5.74) is 1.53. The lowest BCUT2D eigenvalue weighted by atomic mass is 10.0. The van der Waals surface area contributed by atoms with Crippen molar-refractivity contribution >= 4 is 23.8 Å². The number of piperidine rings is 1. The van der Waals surface area contributed by atoms with Gasteiger partial charge in [0, 0.05) is 31.0 Å². The summed E-state index contributed by atoms with van der Waals surface area (Å²) >= 11 is 0. The molecule has 10 heteroatoms. The molecule has 3 aliphatic rings. The van der Waals surface area contributed by atoms with Crippen molar-refractivity contribution in [2.45, 2.75) is 71.4 Å². The lowest BCUT2D eigenvalue weighted by molar-refractivity contribution is -0.153. The number of amides is 4. The molecule has 0 spiro atoms. The molecule has 3 atom stereocenters. The maximum atomic E-state index is 13.5. The highest BCUT2D eigenvalue weighted by molar-refractivity contribution is 6.05. The first-order valence-corrected chi connectivity index (χ1v) is 14.0. The van der Waals surface area contributed by atoms with E-state index in [0.29, 0.717) is 36.6 Å². The second-order valence-corrected chi connectivity index (χ2v) is 12.0. The van der Waals surface area contributed by atoms with Crippen molar-refractivity contribution in [1.82, 2.24) is 14.7 Å². The summed E-state index contributed by atoms with van der Waals surface area (Å²) in [4.78, 5) is 56.5. The number of likely N-dealkylation sites (tertiary alicyclic amines) is 2. The molecule has 0 N–H and O–H groups in total. The number of hydrogen-bond donors (Lipinski definition) is 0. The van der Waals surface area contributed by atoms with Gasteiger partial charge in [-0.25, -0.2) is 4.79 Å². The molecular weight excluding hydrogens is 526 g/mol. The second kappa shape index (κ2) is 11.1. The monoisotopic (exact) mass is 563 g/mol. The van der Waals surface area contributed by atoms with E-state index < -0.39 is 11.6 Å². The Kier molecular flexibility index (Phi) is 7.68. The quantitative estimate of drug-likeness (QED) is 0.489. The predicted molar refractivity (Wildman–Crippen MR) is 149 cm³/mol. The first-order valence-electron chi connectivity index (χ1n) is 14.0. The van der Waals surface area contributed by atoms with Gasteiger partial charge >= 0.3 is 6.09 Å². The molecule has 3 heterocycles. The molecule has 4 amide bonds. The summed E-state index contributed by atoms with van der Waals surface area (Å²) in [7, 11) is 1.58. The number of methoxy groups -OCH3 is 1. The Morgan fingerprint density at radius 2 is 1.71 bits per heavy atom. The van der Waals surface area contributed by atoms with Crippen molar-refractivity contribution in [3.05, 3.63) is 59.2 Å². The standard InChI is InChI=1S/C31H37N3O7/c1-19-15-32(30(38)41-31(2,3)4)18-26(19)40-23-10-11-24-21(14-23)17-33(28(24)36)25-12-13-27(35)34(29(25)37)16-20-6-8-22(39-5)9-7-20/h6-11,14,19,25-26H,12-13,15-18H2,1-5H3/t19-,25?,26-/m1/s1. The number of hydrogen-bond acceptors (Lipinski definition) is 7. The largest absolute Gasteiger partial charge is 0.497 e. The Hall–Kier alpha value is -4.08. The van der Waals surface area contributed by atoms with Crippen molar-refractivity contribution in [2.75, 3.05) is 20.2 Å². The van der Waals surface area contributed by atoms with Crippen molar-refractivity contribution in [2.24, 2.45) is 5.92 Å². The van der Waals surface area contributed by atoms with Crippen molar-refractivity contribution in [3.63, 3.8) is 0 Å². The van der Waals surface area contributed by atoms with Crippen LogP contribution in [0.15, 0.2) is 42.5 Å². The first-order chi connectivity index (χ1) is 19.4. The molecule has 2 aromatic carbocycles. The lowest BCUT2D eigenvalue weighted by Gasteiger charge is -2.35. The lowest BCUT2D eigenvalue weighted by Crippen LogP contribution is -2.54. The topological polar surface area (TPSA) is 106 Å². The molecular formula is C31H37N3O7. The molecule has 5 rings (SSSR count). The summed E-state index contributed by atoms with van der Waals surface area (Å²) in [6.07, 6.45) is -0.0946. The zero-order chi connectivity index (χ0) is 29.5. The molecule has 0 bridgehead atoms. The van der Waals surface area contributed by atoms with Gasteiger partial charge in [0.05, 0.1) is 20.2 Å². The van der Waals surface area contributed by atoms with Crippen LogP contribution in [0, 0.1) is 5.92 Å². The second-order valence-electron chi connectivity index (χ2n) is 12.0. The summed E-state index contributed by atoms with van der Waals surface area (Å²) < 4.78 is 17.0. The van der Waals surface area contributed by atoms with E-state index in [4.69, 9.17) is 14.2 Å². The first kappa shape index (κ1) is 28.4. The number of nitrogens with zero attached hydrogens (tertiary/aromatic N) is 3.